The number of benzene rings is 1. The van der Waals surface area contributed by atoms with Gasteiger partial charge in [-0.05, 0) is 18.2 Å². The molecule has 6 heteroatoms. The van der Waals surface area contributed by atoms with Crippen LogP contribution in [-0.2, 0) is 13.1 Å². The van der Waals surface area contributed by atoms with Crippen molar-refractivity contribution in [1.29, 1.82) is 0 Å². The highest BCUT2D eigenvalue weighted by Gasteiger charge is 2.08. The SMILES string of the molecule is COc1ccc2c(c1)nc(N)n2CCn1cccn1. The standard InChI is InChI=1S/C13H15N5O/c1-19-10-3-4-12-11(9-10)16-13(14)18(12)8-7-17-6-2-5-15-17/h2-6,9H,7-8H2,1H3,(H2,14,16). The van der Waals surface area contributed by atoms with E-state index < -0.39 is 0 Å². The molecule has 3 aromatic rings. The third kappa shape index (κ3) is 2.12. The summed E-state index contributed by atoms with van der Waals surface area (Å²) in [4.78, 5) is 4.35. The molecule has 0 aliphatic rings. The van der Waals surface area contributed by atoms with Gasteiger partial charge in [-0.25, -0.2) is 4.98 Å². The molecule has 0 spiro atoms. The molecule has 0 unspecified atom stereocenters. The van der Waals surface area contributed by atoms with Crippen molar-refractivity contribution in [3.63, 3.8) is 0 Å². The Balaban J connectivity index is 1.92. The largest absolute Gasteiger partial charge is 0.497 e. The summed E-state index contributed by atoms with van der Waals surface area (Å²) < 4.78 is 9.04. The van der Waals surface area contributed by atoms with Crippen LogP contribution in [0.1, 0.15) is 0 Å². The molecule has 0 radical (unpaired) electrons. The number of ether oxygens (including phenoxy) is 1. The molecule has 2 N–H and O–H groups in total. The van der Waals surface area contributed by atoms with Crippen LogP contribution < -0.4 is 10.5 Å². The maximum atomic E-state index is 5.97. The van der Waals surface area contributed by atoms with Gasteiger partial charge in [0.2, 0.25) is 5.95 Å². The Morgan fingerprint density at radius 2 is 2.21 bits per heavy atom. The fraction of sp³-hybridized carbons (Fsp3) is 0.231. The van der Waals surface area contributed by atoms with Crippen LogP contribution in [0.25, 0.3) is 11.0 Å². The van der Waals surface area contributed by atoms with E-state index in [1.807, 2.05) is 39.7 Å². The number of hydrogen-bond acceptors (Lipinski definition) is 4. The Morgan fingerprint density at radius 3 is 2.95 bits per heavy atom. The Kier molecular flexibility index (Phi) is 2.83. The Morgan fingerprint density at radius 1 is 1.32 bits per heavy atom. The van der Waals surface area contributed by atoms with Crippen LogP contribution in [0.2, 0.25) is 0 Å². The van der Waals surface area contributed by atoms with Crippen molar-refractivity contribution in [2.75, 3.05) is 12.8 Å². The smallest absolute Gasteiger partial charge is 0.201 e. The minimum absolute atomic E-state index is 0.510. The van der Waals surface area contributed by atoms with Gasteiger partial charge in [0, 0.05) is 25.0 Å². The minimum Gasteiger partial charge on any atom is -0.497 e. The molecule has 0 aliphatic carbocycles. The number of nitrogen functional groups attached to an aromatic ring is 1. The van der Waals surface area contributed by atoms with Crippen molar-refractivity contribution in [3.05, 3.63) is 36.7 Å². The van der Waals surface area contributed by atoms with E-state index in [2.05, 4.69) is 10.1 Å². The molecule has 2 heterocycles. The van der Waals surface area contributed by atoms with Crippen molar-refractivity contribution in [2.45, 2.75) is 13.1 Å². The number of imidazole rings is 1. The summed E-state index contributed by atoms with van der Waals surface area (Å²) in [7, 11) is 1.64. The first-order valence-electron chi connectivity index (χ1n) is 6.05. The van der Waals surface area contributed by atoms with Crippen molar-refractivity contribution >= 4 is 17.0 Å². The third-order valence-electron chi connectivity index (χ3n) is 3.10. The number of nitrogens with zero attached hydrogens (tertiary/aromatic N) is 4. The van der Waals surface area contributed by atoms with Crippen molar-refractivity contribution in [1.82, 2.24) is 19.3 Å². The number of hydrogen-bond donors (Lipinski definition) is 1. The van der Waals surface area contributed by atoms with E-state index in [-0.39, 0.29) is 0 Å². The molecular weight excluding hydrogens is 242 g/mol. The summed E-state index contributed by atoms with van der Waals surface area (Å²) >= 11 is 0. The zero-order valence-electron chi connectivity index (χ0n) is 10.7. The summed E-state index contributed by atoms with van der Waals surface area (Å²) in [6.07, 6.45) is 3.69. The van der Waals surface area contributed by atoms with Gasteiger partial charge in [-0.3, -0.25) is 4.68 Å². The maximum absolute atomic E-state index is 5.97. The van der Waals surface area contributed by atoms with E-state index in [0.29, 0.717) is 5.95 Å². The van der Waals surface area contributed by atoms with Crippen molar-refractivity contribution < 1.29 is 4.74 Å². The number of nitrogens with two attached hydrogens (primary N) is 1. The average Bonchev–Trinajstić information content (AvgIpc) is 3.02. The van der Waals surface area contributed by atoms with E-state index in [9.17, 15) is 0 Å². The molecule has 0 fully saturated rings. The zero-order chi connectivity index (χ0) is 13.2. The third-order valence-corrected chi connectivity index (χ3v) is 3.10. The number of aryl methyl sites for hydroxylation is 2. The summed E-state index contributed by atoms with van der Waals surface area (Å²) in [6.45, 7) is 1.49. The van der Waals surface area contributed by atoms with Gasteiger partial charge in [0.25, 0.3) is 0 Å². The normalized spacial score (nSPS) is 11.0. The molecule has 0 atom stereocenters. The van der Waals surface area contributed by atoms with Gasteiger partial charge in [-0.1, -0.05) is 0 Å². The van der Waals surface area contributed by atoms with Crippen LogP contribution in [0.3, 0.4) is 0 Å². The highest BCUT2D eigenvalue weighted by molar-refractivity contribution is 5.79. The van der Waals surface area contributed by atoms with E-state index in [1.165, 1.54) is 0 Å². The first-order chi connectivity index (χ1) is 9.28. The zero-order valence-corrected chi connectivity index (χ0v) is 10.7. The van der Waals surface area contributed by atoms with Gasteiger partial charge in [0.05, 0.1) is 24.7 Å². The topological polar surface area (TPSA) is 70.9 Å². The predicted octanol–water partition coefficient (Wildman–Crippen LogP) is 1.52. The lowest BCUT2D eigenvalue weighted by molar-refractivity contribution is 0.415. The molecule has 6 nitrogen and oxygen atoms in total. The molecule has 98 valence electrons. The highest BCUT2D eigenvalue weighted by atomic mass is 16.5. The molecule has 0 saturated heterocycles. The number of rotatable bonds is 4. The molecule has 0 aliphatic heterocycles. The summed E-state index contributed by atoms with van der Waals surface area (Å²) in [6, 6.07) is 7.67. The van der Waals surface area contributed by atoms with Crippen LogP contribution >= 0.6 is 0 Å². The quantitative estimate of drug-likeness (QED) is 0.769. The van der Waals surface area contributed by atoms with Gasteiger partial charge in [-0.2, -0.15) is 5.10 Å². The van der Waals surface area contributed by atoms with Gasteiger partial charge >= 0.3 is 0 Å². The summed E-state index contributed by atoms with van der Waals surface area (Å²) in [5, 5.41) is 4.17. The van der Waals surface area contributed by atoms with Gasteiger partial charge in [-0.15, -0.1) is 0 Å². The number of fused-ring (bicyclic) bond motifs is 1. The monoisotopic (exact) mass is 257 g/mol. The second-order valence-corrected chi connectivity index (χ2v) is 4.25. The van der Waals surface area contributed by atoms with Crippen LogP contribution in [0.15, 0.2) is 36.7 Å². The Hall–Kier alpha value is -2.50. The lowest BCUT2D eigenvalue weighted by Crippen LogP contribution is -2.10. The van der Waals surface area contributed by atoms with Crippen molar-refractivity contribution in [2.24, 2.45) is 0 Å². The molecule has 0 saturated carbocycles. The second kappa shape index (κ2) is 4.64. The van der Waals surface area contributed by atoms with Gasteiger partial charge < -0.3 is 15.0 Å². The number of methoxy groups -OCH3 is 1. The van der Waals surface area contributed by atoms with E-state index in [4.69, 9.17) is 10.5 Å². The van der Waals surface area contributed by atoms with Crippen LogP contribution in [-0.4, -0.2) is 26.4 Å². The van der Waals surface area contributed by atoms with E-state index >= 15 is 0 Å². The molecule has 19 heavy (non-hydrogen) atoms. The molecule has 0 bridgehead atoms. The van der Waals surface area contributed by atoms with Crippen LogP contribution in [0.4, 0.5) is 5.95 Å². The molecule has 1 aromatic carbocycles. The predicted molar refractivity (Wildman–Crippen MR) is 72.9 cm³/mol. The van der Waals surface area contributed by atoms with E-state index in [1.54, 1.807) is 13.3 Å². The van der Waals surface area contributed by atoms with Crippen LogP contribution in [0.5, 0.6) is 5.75 Å². The van der Waals surface area contributed by atoms with Gasteiger partial charge in [0.1, 0.15) is 5.75 Å². The fourth-order valence-corrected chi connectivity index (χ4v) is 2.13. The van der Waals surface area contributed by atoms with E-state index in [0.717, 1.165) is 29.9 Å². The average molecular weight is 257 g/mol. The van der Waals surface area contributed by atoms with Crippen LogP contribution in [0, 0.1) is 0 Å². The van der Waals surface area contributed by atoms with Crippen molar-refractivity contribution in [3.8, 4) is 5.75 Å². The molecule has 2 aromatic heterocycles. The number of anilines is 1. The summed E-state index contributed by atoms with van der Waals surface area (Å²) in [5.74, 6) is 1.29. The first kappa shape index (κ1) is 11.6. The lowest BCUT2D eigenvalue weighted by atomic mass is 10.3. The maximum Gasteiger partial charge on any atom is 0.201 e. The van der Waals surface area contributed by atoms with Gasteiger partial charge in [0.15, 0.2) is 0 Å². The Bertz CT molecular complexity index is 686. The minimum atomic E-state index is 0.510. The molecule has 0 amide bonds. The first-order valence-corrected chi connectivity index (χ1v) is 6.05. The number of aromatic nitrogens is 4. The fourth-order valence-electron chi connectivity index (χ4n) is 2.13. The second-order valence-electron chi connectivity index (χ2n) is 4.25. The Labute approximate surface area is 110 Å². The highest BCUT2D eigenvalue weighted by Crippen LogP contribution is 2.22. The lowest BCUT2D eigenvalue weighted by Gasteiger charge is -2.07. The molecule has 3 rings (SSSR count). The molecular formula is C13H15N5O. The summed E-state index contributed by atoms with van der Waals surface area (Å²) in [5.41, 5.74) is 7.82.